The van der Waals surface area contributed by atoms with E-state index in [1.807, 2.05) is 6.07 Å². The largest absolute Gasteiger partial charge is 0.495 e. The highest BCUT2D eigenvalue weighted by molar-refractivity contribution is 7.14. The third-order valence-corrected chi connectivity index (χ3v) is 6.49. The van der Waals surface area contributed by atoms with Crippen LogP contribution in [0.4, 0.5) is 11.4 Å². The lowest BCUT2D eigenvalue weighted by molar-refractivity contribution is -0.384. The minimum absolute atomic E-state index is 0.136. The predicted molar refractivity (Wildman–Crippen MR) is 113 cm³/mol. The molecule has 3 rings (SSSR count). The summed E-state index contributed by atoms with van der Waals surface area (Å²) in [5.74, 6) is -0.236. The van der Waals surface area contributed by atoms with Crippen LogP contribution in [0.25, 0.3) is 0 Å². The molecule has 0 bridgehead atoms. The first-order chi connectivity index (χ1) is 14.3. The summed E-state index contributed by atoms with van der Waals surface area (Å²) in [6, 6.07) is 5.74. The molecule has 0 radical (unpaired) electrons. The molecular formula is C21H24N2O6S. The molecule has 1 aromatic heterocycles. The first kappa shape index (κ1) is 21.8. The van der Waals surface area contributed by atoms with Crippen molar-refractivity contribution >= 4 is 34.6 Å². The molecule has 9 heteroatoms. The predicted octanol–water partition coefficient (Wildman–Crippen LogP) is 4.36. The Kier molecular flexibility index (Phi) is 6.71. The van der Waals surface area contributed by atoms with Crippen molar-refractivity contribution in [3.63, 3.8) is 0 Å². The van der Waals surface area contributed by atoms with E-state index < -0.39 is 22.9 Å². The van der Waals surface area contributed by atoms with Crippen LogP contribution in [-0.4, -0.2) is 30.0 Å². The van der Waals surface area contributed by atoms with Gasteiger partial charge in [0.2, 0.25) is 0 Å². The number of carbonyl (C=O) groups excluding carboxylic acids is 2. The fraction of sp³-hybridized carbons (Fsp3) is 0.429. The SMILES string of the molecule is CCC1CCc2sc(C(=O)OC(C)C(=O)Nc3cc([N+](=O)[O-])ccc3OC)cc2C1. The molecule has 1 aliphatic carbocycles. The number of thiophene rings is 1. The minimum Gasteiger partial charge on any atom is -0.495 e. The highest BCUT2D eigenvalue weighted by Gasteiger charge is 2.25. The number of nitro groups is 1. The smallest absolute Gasteiger partial charge is 0.349 e. The van der Waals surface area contributed by atoms with Crippen molar-refractivity contribution in [1.29, 1.82) is 0 Å². The number of amides is 1. The molecule has 1 amide bonds. The van der Waals surface area contributed by atoms with E-state index in [0.29, 0.717) is 10.8 Å². The minimum atomic E-state index is -1.08. The van der Waals surface area contributed by atoms with Crippen LogP contribution >= 0.6 is 11.3 Å². The highest BCUT2D eigenvalue weighted by atomic mass is 32.1. The average Bonchev–Trinajstić information content (AvgIpc) is 3.16. The number of nitrogens with one attached hydrogen (secondary N) is 1. The molecule has 1 heterocycles. The number of nitrogens with zero attached hydrogens (tertiary/aromatic N) is 1. The van der Waals surface area contributed by atoms with Gasteiger partial charge < -0.3 is 14.8 Å². The van der Waals surface area contributed by atoms with E-state index in [-0.39, 0.29) is 17.1 Å². The number of nitro benzene ring substituents is 1. The van der Waals surface area contributed by atoms with Crippen molar-refractivity contribution in [3.05, 3.63) is 49.7 Å². The molecule has 2 unspecified atom stereocenters. The third-order valence-electron chi connectivity index (χ3n) is 5.27. The summed E-state index contributed by atoms with van der Waals surface area (Å²) >= 11 is 1.42. The molecule has 160 valence electrons. The van der Waals surface area contributed by atoms with Gasteiger partial charge in [-0.2, -0.15) is 0 Å². The van der Waals surface area contributed by atoms with Gasteiger partial charge in [0.15, 0.2) is 6.10 Å². The lowest BCUT2D eigenvalue weighted by atomic mass is 9.87. The number of hydrogen-bond donors (Lipinski definition) is 1. The number of ether oxygens (including phenoxy) is 2. The Hall–Kier alpha value is -2.94. The molecule has 0 fully saturated rings. The van der Waals surface area contributed by atoms with Crippen molar-refractivity contribution in [2.45, 2.75) is 45.6 Å². The van der Waals surface area contributed by atoms with Gasteiger partial charge in [-0.05, 0) is 49.8 Å². The second-order valence-corrected chi connectivity index (χ2v) is 8.39. The van der Waals surface area contributed by atoms with Crippen LogP contribution in [0, 0.1) is 16.0 Å². The molecule has 8 nitrogen and oxygen atoms in total. The number of rotatable bonds is 7. The fourth-order valence-corrected chi connectivity index (χ4v) is 4.55. The lowest BCUT2D eigenvalue weighted by Crippen LogP contribution is -2.30. The van der Waals surface area contributed by atoms with Crippen LogP contribution in [0.5, 0.6) is 5.75 Å². The molecule has 1 N–H and O–H groups in total. The normalized spacial score (nSPS) is 16.3. The van der Waals surface area contributed by atoms with Crippen molar-refractivity contribution < 1.29 is 24.0 Å². The summed E-state index contributed by atoms with van der Waals surface area (Å²) < 4.78 is 10.5. The van der Waals surface area contributed by atoms with Crippen molar-refractivity contribution in [2.24, 2.45) is 5.92 Å². The van der Waals surface area contributed by atoms with E-state index in [9.17, 15) is 19.7 Å². The number of aryl methyl sites for hydroxylation is 1. The maximum absolute atomic E-state index is 12.5. The number of carbonyl (C=O) groups is 2. The maximum Gasteiger partial charge on any atom is 0.349 e. The van der Waals surface area contributed by atoms with E-state index >= 15 is 0 Å². The standard InChI is InChI=1S/C21H24N2O6S/c1-4-13-5-8-18-14(9-13)10-19(30-18)21(25)29-12(2)20(24)22-16-11-15(23(26)27)6-7-17(16)28-3/h6-7,10-13H,4-5,8-9H2,1-3H3,(H,22,24). The molecule has 2 atom stereocenters. The molecule has 30 heavy (non-hydrogen) atoms. The number of benzene rings is 1. The van der Waals surface area contributed by atoms with Gasteiger partial charge in [-0.15, -0.1) is 11.3 Å². The quantitative estimate of drug-likeness (QED) is 0.396. The summed E-state index contributed by atoms with van der Waals surface area (Å²) in [5.41, 5.74) is 1.14. The number of esters is 1. The van der Waals surface area contributed by atoms with E-state index in [2.05, 4.69) is 12.2 Å². The van der Waals surface area contributed by atoms with Crippen LogP contribution in [0.15, 0.2) is 24.3 Å². The zero-order valence-corrected chi connectivity index (χ0v) is 17.9. The Labute approximate surface area is 178 Å². The second kappa shape index (κ2) is 9.25. The molecule has 1 aromatic carbocycles. The number of anilines is 1. The summed E-state index contributed by atoms with van der Waals surface area (Å²) in [6.45, 7) is 3.63. The Bertz CT molecular complexity index is 970. The van der Waals surface area contributed by atoms with Gasteiger partial charge in [0.05, 0.1) is 17.7 Å². The molecule has 0 aliphatic heterocycles. The first-order valence-electron chi connectivity index (χ1n) is 9.78. The Morgan fingerprint density at radius 1 is 1.37 bits per heavy atom. The van der Waals surface area contributed by atoms with E-state index in [1.54, 1.807) is 0 Å². The van der Waals surface area contributed by atoms with Crippen LogP contribution in [0.1, 0.15) is 46.8 Å². The van der Waals surface area contributed by atoms with Crippen LogP contribution in [0.3, 0.4) is 0 Å². The maximum atomic E-state index is 12.5. The van der Waals surface area contributed by atoms with Gasteiger partial charge in [0, 0.05) is 17.0 Å². The van der Waals surface area contributed by atoms with E-state index in [0.717, 1.165) is 25.7 Å². The molecule has 0 saturated carbocycles. The zero-order valence-electron chi connectivity index (χ0n) is 17.1. The van der Waals surface area contributed by atoms with Crippen LogP contribution < -0.4 is 10.1 Å². The Balaban J connectivity index is 1.66. The number of fused-ring (bicyclic) bond motifs is 1. The summed E-state index contributed by atoms with van der Waals surface area (Å²) in [6.07, 6.45) is 3.10. The van der Waals surface area contributed by atoms with Gasteiger partial charge >= 0.3 is 5.97 Å². The molecular weight excluding hydrogens is 408 g/mol. The number of hydrogen-bond acceptors (Lipinski definition) is 7. The number of non-ortho nitro benzene ring substituents is 1. The van der Waals surface area contributed by atoms with Crippen molar-refractivity contribution in [2.75, 3.05) is 12.4 Å². The van der Waals surface area contributed by atoms with Gasteiger partial charge in [0.25, 0.3) is 11.6 Å². The monoisotopic (exact) mass is 432 g/mol. The fourth-order valence-electron chi connectivity index (χ4n) is 3.46. The molecule has 1 aliphatic rings. The summed E-state index contributed by atoms with van der Waals surface area (Å²) in [7, 11) is 1.39. The topological polar surface area (TPSA) is 108 Å². The molecule has 2 aromatic rings. The first-order valence-corrected chi connectivity index (χ1v) is 10.6. The van der Waals surface area contributed by atoms with Gasteiger partial charge in [0.1, 0.15) is 10.6 Å². The lowest BCUT2D eigenvalue weighted by Gasteiger charge is -2.19. The Morgan fingerprint density at radius 3 is 2.80 bits per heavy atom. The van der Waals surface area contributed by atoms with E-state index in [4.69, 9.17) is 9.47 Å². The summed E-state index contributed by atoms with van der Waals surface area (Å²) in [4.78, 5) is 37.2. The Morgan fingerprint density at radius 2 is 2.13 bits per heavy atom. The summed E-state index contributed by atoms with van der Waals surface area (Å²) in [5, 5.41) is 13.5. The second-order valence-electron chi connectivity index (χ2n) is 7.25. The molecule has 0 saturated heterocycles. The average molecular weight is 432 g/mol. The van der Waals surface area contributed by atoms with Crippen molar-refractivity contribution in [1.82, 2.24) is 0 Å². The molecule has 0 spiro atoms. The van der Waals surface area contributed by atoms with Gasteiger partial charge in [-0.25, -0.2) is 4.79 Å². The van der Waals surface area contributed by atoms with Crippen molar-refractivity contribution in [3.8, 4) is 5.75 Å². The van der Waals surface area contributed by atoms with E-state index in [1.165, 1.54) is 54.0 Å². The third kappa shape index (κ3) is 4.79. The number of methoxy groups -OCH3 is 1. The highest BCUT2D eigenvalue weighted by Crippen LogP contribution is 2.34. The van der Waals surface area contributed by atoms with Crippen LogP contribution in [0.2, 0.25) is 0 Å². The van der Waals surface area contributed by atoms with Gasteiger partial charge in [-0.3, -0.25) is 14.9 Å². The van der Waals surface area contributed by atoms with Crippen LogP contribution in [-0.2, 0) is 22.4 Å². The zero-order chi connectivity index (χ0) is 21.8. The van der Waals surface area contributed by atoms with Gasteiger partial charge in [-0.1, -0.05) is 13.3 Å².